The van der Waals surface area contributed by atoms with E-state index in [2.05, 4.69) is 5.32 Å². The van der Waals surface area contributed by atoms with Gasteiger partial charge in [-0.2, -0.15) is 0 Å². The van der Waals surface area contributed by atoms with Crippen LogP contribution in [0.4, 0.5) is 0 Å². The standard InChI is InChI=1S/C11H23NO4Si/c1-5-9-11(13)12-10-17(14-6-2,15-7-3)16-8-4/h5,9H,6-8,10H2,1-4H3,(H,12,13). The first kappa shape index (κ1) is 16.3. The van der Waals surface area contributed by atoms with E-state index in [0.717, 1.165) is 0 Å². The Hall–Kier alpha value is -0.693. The van der Waals surface area contributed by atoms with E-state index < -0.39 is 8.80 Å². The second-order valence-electron chi connectivity index (χ2n) is 3.20. The van der Waals surface area contributed by atoms with Crippen molar-refractivity contribution in [2.75, 3.05) is 26.0 Å². The summed E-state index contributed by atoms with van der Waals surface area (Å²) in [4.78, 5) is 11.4. The lowest BCUT2D eigenvalue weighted by Gasteiger charge is -2.28. The Labute approximate surface area is 105 Å². The van der Waals surface area contributed by atoms with Crippen LogP contribution in [0.2, 0.25) is 0 Å². The molecule has 0 aromatic rings. The molecule has 0 saturated carbocycles. The third-order valence-corrected chi connectivity index (χ3v) is 4.69. The summed E-state index contributed by atoms with van der Waals surface area (Å²) in [7, 11) is -2.75. The van der Waals surface area contributed by atoms with Crippen molar-refractivity contribution in [1.29, 1.82) is 0 Å². The second kappa shape index (κ2) is 9.35. The van der Waals surface area contributed by atoms with E-state index in [4.69, 9.17) is 13.3 Å². The van der Waals surface area contributed by atoms with Crippen LogP contribution in [-0.2, 0) is 18.1 Å². The number of nitrogens with one attached hydrogen (secondary N) is 1. The zero-order chi connectivity index (χ0) is 13.1. The Balaban J connectivity index is 4.47. The van der Waals surface area contributed by atoms with Gasteiger partial charge in [0.2, 0.25) is 5.91 Å². The van der Waals surface area contributed by atoms with Gasteiger partial charge in [0, 0.05) is 19.8 Å². The van der Waals surface area contributed by atoms with E-state index >= 15 is 0 Å². The SMILES string of the molecule is CC=CC(=O)NC[Si](OCC)(OCC)OCC. The Morgan fingerprint density at radius 3 is 1.94 bits per heavy atom. The zero-order valence-electron chi connectivity index (χ0n) is 11.1. The molecule has 0 spiro atoms. The number of hydrogen-bond acceptors (Lipinski definition) is 4. The van der Waals surface area contributed by atoms with E-state index in [0.29, 0.717) is 26.0 Å². The molecule has 17 heavy (non-hydrogen) atoms. The molecule has 0 saturated heterocycles. The van der Waals surface area contributed by atoms with Crippen LogP contribution in [-0.4, -0.2) is 40.7 Å². The molecule has 0 unspecified atom stereocenters. The van der Waals surface area contributed by atoms with E-state index in [1.54, 1.807) is 13.0 Å². The van der Waals surface area contributed by atoms with Gasteiger partial charge in [-0.05, 0) is 33.8 Å². The highest BCUT2D eigenvalue weighted by atomic mass is 28.4. The first-order valence-corrected chi connectivity index (χ1v) is 7.89. The lowest BCUT2D eigenvalue weighted by molar-refractivity contribution is -0.116. The van der Waals surface area contributed by atoms with Crippen LogP contribution in [0.25, 0.3) is 0 Å². The largest absolute Gasteiger partial charge is 0.521 e. The number of rotatable bonds is 9. The Morgan fingerprint density at radius 2 is 1.59 bits per heavy atom. The minimum atomic E-state index is -2.75. The van der Waals surface area contributed by atoms with Crippen LogP contribution in [0.15, 0.2) is 12.2 Å². The van der Waals surface area contributed by atoms with Crippen molar-refractivity contribution in [3.8, 4) is 0 Å². The first-order valence-electron chi connectivity index (χ1n) is 5.96. The lowest BCUT2D eigenvalue weighted by Crippen LogP contribution is -2.55. The second-order valence-corrected chi connectivity index (χ2v) is 5.79. The summed E-state index contributed by atoms with van der Waals surface area (Å²) in [5.41, 5.74) is 0. The molecule has 0 aliphatic heterocycles. The molecule has 0 aromatic carbocycles. The topological polar surface area (TPSA) is 56.8 Å². The molecule has 0 aromatic heterocycles. The Morgan fingerprint density at radius 1 is 1.12 bits per heavy atom. The molecular formula is C11H23NO4Si. The molecule has 0 radical (unpaired) electrons. The predicted molar refractivity (Wildman–Crippen MR) is 68.5 cm³/mol. The van der Waals surface area contributed by atoms with Crippen molar-refractivity contribution < 1.29 is 18.1 Å². The van der Waals surface area contributed by atoms with E-state index in [-0.39, 0.29) is 5.91 Å². The average Bonchev–Trinajstić information content (AvgIpc) is 2.28. The minimum absolute atomic E-state index is 0.163. The molecule has 0 rings (SSSR count). The number of allylic oxidation sites excluding steroid dienone is 1. The maximum atomic E-state index is 11.4. The number of hydrogen-bond donors (Lipinski definition) is 1. The van der Waals surface area contributed by atoms with Crippen LogP contribution >= 0.6 is 0 Å². The Kier molecular flexibility index (Phi) is 8.97. The highest BCUT2D eigenvalue weighted by Gasteiger charge is 2.40. The van der Waals surface area contributed by atoms with Gasteiger partial charge in [0.1, 0.15) is 0 Å². The quantitative estimate of drug-likeness (QED) is 0.501. The highest BCUT2D eigenvalue weighted by Crippen LogP contribution is 2.08. The maximum Gasteiger partial charge on any atom is 0.521 e. The molecule has 0 heterocycles. The molecule has 1 N–H and O–H groups in total. The molecule has 0 aliphatic carbocycles. The third kappa shape index (κ3) is 6.57. The van der Waals surface area contributed by atoms with E-state index in [1.807, 2.05) is 20.8 Å². The van der Waals surface area contributed by atoms with Gasteiger partial charge in [-0.25, -0.2) is 0 Å². The van der Waals surface area contributed by atoms with Crippen LogP contribution in [0.5, 0.6) is 0 Å². The predicted octanol–water partition coefficient (Wildman–Crippen LogP) is 1.27. The molecular weight excluding hydrogens is 238 g/mol. The molecule has 0 bridgehead atoms. The van der Waals surface area contributed by atoms with Gasteiger partial charge in [-0.15, -0.1) is 0 Å². The monoisotopic (exact) mass is 261 g/mol. The molecule has 0 fully saturated rings. The molecule has 0 atom stereocenters. The first-order chi connectivity index (χ1) is 8.14. The van der Waals surface area contributed by atoms with Gasteiger partial charge < -0.3 is 18.6 Å². The van der Waals surface area contributed by atoms with Crippen molar-refractivity contribution in [3.63, 3.8) is 0 Å². The fourth-order valence-corrected chi connectivity index (χ4v) is 3.61. The molecule has 100 valence electrons. The van der Waals surface area contributed by atoms with Crippen molar-refractivity contribution in [2.45, 2.75) is 27.7 Å². The van der Waals surface area contributed by atoms with Gasteiger partial charge >= 0.3 is 8.80 Å². The Bertz CT molecular complexity index is 229. The summed E-state index contributed by atoms with van der Waals surface area (Å²) < 4.78 is 16.8. The summed E-state index contributed by atoms with van der Waals surface area (Å²) in [6.45, 7) is 8.95. The number of carbonyl (C=O) groups is 1. The fraction of sp³-hybridized carbons (Fsp3) is 0.727. The molecule has 5 nitrogen and oxygen atoms in total. The highest BCUT2D eigenvalue weighted by molar-refractivity contribution is 6.61. The average molecular weight is 261 g/mol. The smallest absolute Gasteiger partial charge is 0.373 e. The third-order valence-electron chi connectivity index (χ3n) is 1.89. The maximum absolute atomic E-state index is 11.4. The van der Waals surface area contributed by atoms with E-state index in [1.165, 1.54) is 6.08 Å². The van der Waals surface area contributed by atoms with Crippen molar-refractivity contribution in [3.05, 3.63) is 12.2 Å². The summed E-state index contributed by atoms with van der Waals surface area (Å²) in [5, 5.41) is 2.74. The zero-order valence-corrected chi connectivity index (χ0v) is 12.1. The number of amides is 1. The molecule has 1 amide bonds. The van der Waals surface area contributed by atoms with Gasteiger partial charge in [0.05, 0.1) is 6.17 Å². The fourth-order valence-electron chi connectivity index (χ4n) is 1.34. The summed E-state index contributed by atoms with van der Waals surface area (Å²) in [6, 6.07) is 0. The van der Waals surface area contributed by atoms with Crippen LogP contribution < -0.4 is 5.32 Å². The van der Waals surface area contributed by atoms with Gasteiger partial charge in [0.15, 0.2) is 0 Å². The van der Waals surface area contributed by atoms with Gasteiger partial charge in [-0.1, -0.05) is 6.08 Å². The summed E-state index contributed by atoms with van der Waals surface area (Å²) in [5.74, 6) is -0.163. The van der Waals surface area contributed by atoms with Crippen LogP contribution in [0.1, 0.15) is 27.7 Å². The van der Waals surface area contributed by atoms with Crippen molar-refractivity contribution in [1.82, 2.24) is 5.32 Å². The van der Waals surface area contributed by atoms with Gasteiger partial charge in [0.25, 0.3) is 0 Å². The van der Waals surface area contributed by atoms with Gasteiger partial charge in [-0.3, -0.25) is 4.79 Å². The van der Waals surface area contributed by atoms with Crippen molar-refractivity contribution in [2.24, 2.45) is 0 Å². The summed E-state index contributed by atoms with van der Waals surface area (Å²) in [6.07, 6.45) is 3.44. The normalized spacial score (nSPS) is 12.0. The molecule has 0 aliphatic rings. The summed E-state index contributed by atoms with van der Waals surface area (Å²) >= 11 is 0. The number of carbonyl (C=O) groups excluding carboxylic acids is 1. The minimum Gasteiger partial charge on any atom is -0.373 e. The lowest BCUT2D eigenvalue weighted by atomic mass is 10.5. The van der Waals surface area contributed by atoms with E-state index in [9.17, 15) is 4.79 Å². The molecule has 6 heteroatoms. The van der Waals surface area contributed by atoms with Crippen molar-refractivity contribution >= 4 is 14.7 Å². The van der Waals surface area contributed by atoms with Crippen LogP contribution in [0, 0.1) is 0 Å². The van der Waals surface area contributed by atoms with Crippen LogP contribution in [0.3, 0.4) is 0 Å².